The average Bonchev–Trinajstić information content (AvgIpc) is 1.97. The van der Waals surface area contributed by atoms with Crippen molar-refractivity contribution in [2.45, 2.75) is 0 Å². The Balaban J connectivity index is 3.24. The molecule has 0 aromatic carbocycles. The summed E-state index contributed by atoms with van der Waals surface area (Å²) in [5.41, 5.74) is 0. The van der Waals surface area contributed by atoms with Crippen LogP contribution in [0.1, 0.15) is 0 Å². The summed E-state index contributed by atoms with van der Waals surface area (Å²) < 4.78 is 4.45. The van der Waals surface area contributed by atoms with Crippen molar-refractivity contribution in [3.05, 3.63) is 31.9 Å². The summed E-state index contributed by atoms with van der Waals surface area (Å²) >= 11 is 0. The highest BCUT2D eigenvalue weighted by atomic mass is 16.5. The number of ether oxygens (including phenoxy) is 1. The van der Waals surface area contributed by atoms with Crippen LogP contribution < -0.4 is 5.32 Å². The molecule has 0 fully saturated rings. The Morgan fingerprint density at radius 1 is 1.60 bits per heavy atom. The third-order valence-electron chi connectivity index (χ3n) is 0.662. The highest BCUT2D eigenvalue weighted by Gasteiger charge is 1.95. The van der Waals surface area contributed by atoms with Gasteiger partial charge in [0, 0.05) is 6.54 Å². The first-order valence-electron chi connectivity index (χ1n) is 2.81. The zero-order valence-corrected chi connectivity index (χ0v) is 5.67. The normalized spacial score (nSPS) is 8.00. The Morgan fingerprint density at radius 3 is 2.80 bits per heavy atom. The zero-order chi connectivity index (χ0) is 7.82. The lowest BCUT2D eigenvalue weighted by molar-refractivity contribution is 0.177. The molecule has 10 heavy (non-hydrogen) atoms. The molecular weight excluding hydrogens is 130 g/mol. The number of amides is 1. The number of carbonyl (C=O) groups is 1. The van der Waals surface area contributed by atoms with Gasteiger partial charge in [-0.3, -0.25) is 0 Å². The Bertz CT molecular complexity index is 118. The van der Waals surface area contributed by atoms with Gasteiger partial charge in [0.1, 0.15) is 0 Å². The second-order valence-corrected chi connectivity index (χ2v) is 1.45. The van der Waals surface area contributed by atoms with Gasteiger partial charge in [-0.05, 0) is 6.08 Å². The van der Waals surface area contributed by atoms with Crippen LogP contribution in [-0.4, -0.2) is 12.6 Å². The molecule has 0 aliphatic carbocycles. The van der Waals surface area contributed by atoms with Gasteiger partial charge in [0.15, 0.2) is 6.61 Å². The van der Waals surface area contributed by atoms with Crippen LogP contribution in [0.15, 0.2) is 25.3 Å². The van der Waals surface area contributed by atoms with E-state index < -0.39 is 6.09 Å². The number of carbonyl (C=O) groups excluding carboxylic acids is 1. The van der Waals surface area contributed by atoms with E-state index in [1.807, 2.05) is 0 Å². The Morgan fingerprint density at radius 2 is 2.30 bits per heavy atom. The van der Waals surface area contributed by atoms with E-state index in [0.29, 0.717) is 6.54 Å². The second kappa shape index (κ2) is 5.88. The fraction of sp³-hybridized carbons (Fsp3) is 0.143. The van der Waals surface area contributed by atoms with Crippen molar-refractivity contribution in [1.29, 1.82) is 0 Å². The zero-order valence-electron chi connectivity index (χ0n) is 5.67. The minimum atomic E-state index is -0.500. The van der Waals surface area contributed by atoms with Crippen molar-refractivity contribution in [2.24, 2.45) is 0 Å². The maximum Gasteiger partial charge on any atom is 0.408 e. The summed E-state index contributed by atoms with van der Waals surface area (Å²) in [6, 6.07) is 0. The van der Waals surface area contributed by atoms with Gasteiger partial charge in [-0.2, -0.15) is 0 Å². The summed E-state index contributed by atoms with van der Waals surface area (Å²) in [5.74, 6) is 0. The Labute approximate surface area is 60.4 Å². The van der Waals surface area contributed by atoms with Crippen molar-refractivity contribution in [1.82, 2.24) is 5.32 Å². The molecule has 0 spiro atoms. The first-order chi connectivity index (χ1) is 4.81. The van der Waals surface area contributed by atoms with Crippen LogP contribution in [0.4, 0.5) is 4.79 Å². The molecule has 0 aliphatic rings. The number of nitrogens with one attached hydrogen (secondary N) is 1. The number of alkyl carbamates (subject to hydrolysis) is 1. The van der Waals surface area contributed by atoms with Gasteiger partial charge in [-0.1, -0.05) is 12.7 Å². The van der Waals surface area contributed by atoms with E-state index in [1.54, 1.807) is 6.08 Å². The second-order valence-electron chi connectivity index (χ2n) is 1.45. The highest BCUT2D eigenvalue weighted by molar-refractivity contribution is 5.67. The highest BCUT2D eigenvalue weighted by Crippen LogP contribution is 1.82. The molecule has 0 unspecified atom stereocenters. The van der Waals surface area contributed by atoms with Crippen molar-refractivity contribution in [3.8, 4) is 0 Å². The first kappa shape index (κ1) is 8.75. The van der Waals surface area contributed by atoms with Gasteiger partial charge in [0.2, 0.25) is 0 Å². The summed E-state index contributed by atoms with van der Waals surface area (Å²) in [5, 5.41) is 2.41. The van der Waals surface area contributed by atoms with Gasteiger partial charge >= 0.3 is 6.09 Å². The van der Waals surface area contributed by atoms with Gasteiger partial charge < -0.3 is 10.1 Å². The SMILES string of the molecule is C=C[CH]OC(=O)NCC=C. The quantitative estimate of drug-likeness (QED) is 0.597. The molecule has 55 valence electrons. The Kier molecular flexibility index (Phi) is 5.14. The molecule has 0 aromatic rings. The molecule has 0 saturated carbocycles. The van der Waals surface area contributed by atoms with Gasteiger partial charge in [-0.15, -0.1) is 6.58 Å². The lowest BCUT2D eigenvalue weighted by atomic mass is 10.6. The van der Waals surface area contributed by atoms with E-state index in [2.05, 4.69) is 23.2 Å². The van der Waals surface area contributed by atoms with Crippen molar-refractivity contribution >= 4 is 6.09 Å². The molecule has 0 atom stereocenters. The van der Waals surface area contributed by atoms with Gasteiger partial charge in [0.25, 0.3) is 0 Å². The topological polar surface area (TPSA) is 38.3 Å². The molecule has 3 heteroatoms. The van der Waals surface area contributed by atoms with E-state index in [1.165, 1.54) is 12.7 Å². The van der Waals surface area contributed by atoms with Crippen LogP contribution in [0.25, 0.3) is 0 Å². The largest absolute Gasteiger partial charge is 0.438 e. The van der Waals surface area contributed by atoms with Crippen molar-refractivity contribution < 1.29 is 9.53 Å². The van der Waals surface area contributed by atoms with Gasteiger partial charge in [0.05, 0.1) is 0 Å². The molecule has 0 aliphatic heterocycles. The van der Waals surface area contributed by atoms with E-state index >= 15 is 0 Å². The molecule has 1 N–H and O–H groups in total. The standard InChI is InChI=1S/C7H10NO2/c1-3-5-8-7(9)10-6-4-2/h3-4,6H,1-2,5H2,(H,8,9). The summed E-state index contributed by atoms with van der Waals surface area (Å²) in [4.78, 5) is 10.5. The Hall–Kier alpha value is -1.25. The van der Waals surface area contributed by atoms with Gasteiger partial charge in [-0.25, -0.2) is 4.79 Å². The average molecular weight is 140 g/mol. The third kappa shape index (κ3) is 4.90. The van der Waals surface area contributed by atoms with Crippen LogP contribution >= 0.6 is 0 Å². The molecule has 0 saturated heterocycles. The summed E-state index contributed by atoms with van der Waals surface area (Å²) in [6.07, 6.45) is 2.45. The van der Waals surface area contributed by atoms with E-state index in [0.717, 1.165) is 0 Å². The molecule has 0 bridgehead atoms. The minimum Gasteiger partial charge on any atom is -0.438 e. The fourth-order valence-electron chi connectivity index (χ4n) is 0.307. The molecule has 0 rings (SSSR count). The minimum absolute atomic E-state index is 0.407. The summed E-state index contributed by atoms with van der Waals surface area (Å²) in [6.45, 7) is 8.36. The van der Waals surface area contributed by atoms with Crippen LogP contribution in [0.5, 0.6) is 0 Å². The lowest BCUT2D eigenvalue weighted by Gasteiger charge is -1.99. The van der Waals surface area contributed by atoms with E-state index in [4.69, 9.17) is 0 Å². The lowest BCUT2D eigenvalue weighted by Crippen LogP contribution is -2.22. The van der Waals surface area contributed by atoms with Crippen molar-refractivity contribution in [2.75, 3.05) is 6.54 Å². The molecule has 0 aromatic heterocycles. The molecule has 0 heterocycles. The molecular formula is C7H10NO2. The predicted molar refractivity (Wildman–Crippen MR) is 39.2 cm³/mol. The van der Waals surface area contributed by atoms with E-state index in [-0.39, 0.29) is 0 Å². The number of hydrogen-bond acceptors (Lipinski definition) is 2. The maximum atomic E-state index is 10.5. The summed E-state index contributed by atoms with van der Waals surface area (Å²) in [7, 11) is 0. The van der Waals surface area contributed by atoms with Crippen molar-refractivity contribution in [3.63, 3.8) is 0 Å². The monoisotopic (exact) mass is 140 g/mol. The first-order valence-corrected chi connectivity index (χ1v) is 2.81. The third-order valence-corrected chi connectivity index (χ3v) is 0.662. The number of rotatable bonds is 4. The maximum absolute atomic E-state index is 10.5. The molecule has 3 nitrogen and oxygen atoms in total. The van der Waals surface area contributed by atoms with Crippen LogP contribution in [0.3, 0.4) is 0 Å². The molecule has 1 amide bonds. The number of hydrogen-bond donors (Lipinski definition) is 1. The van der Waals surface area contributed by atoms with Crippen LogP contribution in [0, 0.1) is 6.61 Å². The molecule has 1 radical (unpaired) electrons. The van der Waals surface area contributed by atoms with E-state index in [9.17, 15) is 4.79 Å². The smallest absolute Gasteiger partial charge is 0.408 e. The van der Waals surface area contributed by atoms with Crippen LogP contribution in [-0.2, 0) is 4.74 Å². The predicted octanol–water partition coefficient (Wildman–Crippen LogP) is 1.25. The fourth-order valence-corrected chi connectivity index (χ4v) is 0.307. The van der Waals surface area contributed by atoms with Crippen LogP contribution in [0.2, 0.25) is 0 Å².